The van der Waals surface area contributed by atoms with Crippen molar-refractivity contribution in [3.63, 3.8) is 0 Å². The second kappa shape index (κ2) is 5.40. The van der Waals surface area contributed by atoms with Crippen LogP contribution in [0.5, 0.6) is 0 Å². The highest BCUT2D eigenvalue weighted by Crippen LogP contribution is 2.31. The monoisotopic (exact) mass is 298 g/mol. The number of nitrogens with two attached hydrogens (primary N) is 1. The van der Waals surface area contributed by atoms with Crippen LogP contribution in [0.1, 0.15) is 33.8 Å². The number of nitrogens with one attached hydrogen (secondary N) is 1. The van der Waals surface area contributed by atoms with Crippen LogP contribution in [0, 0.1) is 0 Å². The lowest BCUT2D eigenvalue weighted by Crippen LogP contribution is -2.16. The number of aryl methyl sites for hydroxylation is 1. The van der Waals surface area contributed by atoms with Crippen molar-refractivity contribution in [2.24, 2.45) is 5.73 Å². The highest BCUT2D eigenvalue weighted by atomic mass is 16.4. The first-order valence-electron chi connectivity index (χ1n) is 6.81. The summed E-state index contributed by atoms with van der Waals surface area (Å²) in [6.07, 6.45) is 0.689. The second-order valence-electron chi connectivity index (χ2n) is 4.74. The smallest absolute Gasteiger partial charge is 0.291 e. The van der Waals surface area contributed by atoms with Crippen molar-refractivity contribution in [2.45, 2.75) is 13.3 Å². The number of benzene rings is 1. The first-order chi connectivity index (χ1) is 10.6. The SMILES string of the molecule is CCc1ccc(C(=O)Nc2c(C(N)=O)oc3ccccc23)o1. The molecule has 6 nitrogen and oxygen atoms in total. The van der Waals surface area contributed by atoms with Crippen molar-refractivity contribution >= 4 is 28.5 Å². The summed E-state index contributed by atoms with van der Waals surface area (Å²) in [6.45, 7) is 1.93. The largest absolute Gasteiger partial charge is 0.456 e. The Labute approximate surface area is 125 Å². The van der Waals surface area contributed by atoms with Crippen molar-refractivity contribution in [3.05, 3.63) is 53.7 Å². The van der Waals surface area contributed by atoms with Gasteiger partial charge in [-0.25, -0.2) is 0 Å². The lowest BCUT2D eigenvalue weighted by Gasteiger charge is -2.02. The number of amides is 2. The molecule has 0 fully saturated rings. The second-order valence-corrected chi connectivity index (χ2v) is 4.74. The zero-order valence-electron chi connectivity index (χ0n) is 11.9. The highest BCUT2D eigenvalue weighted by Gasteiger charge is 2.21. The van der Waals surface area contributed by atoms with E-state index in [1.54, 1.807) is 36.4 Å². The molecule has 1 aromatic carbocycles. The van der Waals surface area contributed by atoms with Crippen molar-refractivity contribution < 1.29 is 18.4 Å². The minimum Gasteiger partial charge on any atom is -0.456 e. The van der Waals surface area contributed by atoms with Gasteiger partial charge in [-0.15, -0.1) is 0 Å². The molecule has 2 amide bonds. The summed E-state index contributed by atoms with van der Waals surface area (Å²) in [5.74, 6) is -0.430. The molecule has 0 atom stereocenters. The van der Waals surface area contributed by atoms with Gasteiger partial charge in [-0.2, -0.15) is 0 Å². The molecule has 3 aromatic rings. The van der Waals surface area contributed by atoms with Crippen LogP contribution in [0.2, 0.25) is 0 Å². The number of fused-ring (bicyclic) bond motifs is 1. The molecule has 6 heteroatoms. The summed E-state index contributed by atoms with van der Waals surface area (Å²) >= 11 is 0. The highest BCUT2D eigenvalue weighted by molar-refractivity contribution is 6.13. The quantitative estimate of drug-likeness (QED) is 0.773. The lowest BCUT2D eigenvalue weighted by molar-refractivity contribution is 0.0977. The maximum absolute atomic E-state index is 12.3. The Morgan fingerprint density at radius 1 is 1.14 bits per heavy atom. The standard InChI is InChI=1S/C16H14N2O4/c1-2-9-7-8-12(21-9)16(20)18-13-10-5-3-4-6-11(10)22-14(13)15(17)19/h3-8H,2H2,1H3,(H2,17,19)(H,18,20). The van der Waals surface area contributed by atoms with Crippen LogP contribution >= 0.6 is 0 Å². The molecule has 2 aromatic heterocycles. The Morgan fingerprint density at radius 3 is 2.59 bits per heavy atom. The van der Waals surface area contributed by atoms with E-state index in [-0.39, 0.29) is 17.2 Å². The number of para-hydroxylation sites is 1. The molecular weight excluding hydrogens is 284 g/mol. The van der Waals surface area contributed by atoms with Crippen molar-refractivity contribution in [3.8, 4) is 0 Å². The van der Waals surface area contributed by atoms with Gasteiger partial charge in [0.1, 0.15) is 17.0 Å². The summed E-state index contributed by atoms with van der Waals surface area (Å²) in [7, 11) is 0. The van der Waals surface area contributed by atoms with Gasteiger partial charge < -0.3 is 19.9 Å². The Hall–Kier alpha value is -3.02. The summed E-state index contributed by atoms with van der Waals surface area (Å²) < 4.78 is 10.8. The lowest BCUT2D eigenvalue weighted by atomic mass is 10.2. The van der Waals surface area contributed by atoms with Crippen LogP contribution in [-0.2, 0) is 6.42 Å². The van der Waals surface area contributed by atoms with Crippen LogP contribution in [-0.4, -0.2) is 11.8 Å². The summed E-state index contributed by atoms with van der Waals surface area (Å²) in [6, 6.07) is 10.3. The van der Waals surface area contributed by atoms with E-state index in [1.807, 2.05) is 6.92 Å². The molecule has 0 unspecified atom stereocenters. The van der Waals surface area contributed by atoms with E-state index in [2.05, 4.69) is 5.32 Å². The number of anilines is 1. The molecule has 2 heterocycles. The molecule has 3 N–H and O–H groups in total. The van der Waals surface area contributed by atoms with Crippen molar-refractivity contribution in [1.82, 2.24) is 0 Å². The number of carbonyl (C=O) groups excluding carboxylic acids is 2. The van der Waals surface area contributed by atoms with Gasteiger partial charge in [0, 0.05) is 11.8 Å². The maximum atomic E-state index is 12.3. The Morgan fingerprint density at radius 2 is 1.91 bits per heavy atom. The molecule has 0 spiro atoms. The fourth-order valence-corrected chi connectivity index (χ4v) is 2.21. The van der Waals surface area contributed by atoms with Gasteiger partial charge >= 0.3 is 0 Å². The number of primary amides is 1. The van der Waals surface area contributed by atoms with Gasteiger partial charge in [-0.3, -0.25) is 9.59 Å². The van der Waals surface area contributed by atoms with Crippen LogP contribution < -0.4 is 11.1 Å². The number of furan rings is 2. The fraction of sp³-hybridized carbons (Fsp3) is 0.125. The molecular formula is C16H14N2O4. The normalized spacial score (nSPS) is 10.8. The van der Waals surface area contributed by atoms with E-state index in [1.165, 1.54) is 0 Å². The Balaban J connectivity index is 2.00. The molecule has 3 rings (SSSR count). The predicted octanol–water partition coefficient (Wildman–Crippen LogP) is 2.94. The molecule has 0 saturated heterocycles. The zero-order chi connectivity index (χ0) is 15.7. The molecule has 0 aliphatic carbocycles. The molecule has 0 bridgehead atoms. The molecule has 112 valence electrons. The van der Waals surface area contributed by atoms with Gasteiger partial charge in [-0.1, -0.05) is 19.1 Å². The molecule has 0 aliphatic heterocycles. The zero-order valence-corrected chi connectivity index (χ0v) is 11.9. The molecule has 0 radical (unpaired) electrons. The number of hydrogen-bond donors (Lipinski definition) is 2. The summed E-state index contributed by atoms with van der Waals surface area (Å²) in [5, 5.41) is 3.24. The van der Waals surface area contributed by atoms with Gasteiger partial charge in [0.2, 0.25) is 5.76 Å². The van der Waals surface area contributed by atoms with Crippen LogP contribution in [0.25, 0.3) is 11.0 Å². The van der Waals surface area contributed by atoms with E-state index < -0.39 is 11.8 Å². The average Bonchev–Trinajstić information content (AvgIpc) is 3.12. The van der Waals surface area contributed by atoms with Gasteiger partial charge in [-0.05, 0) is 24.3 Å². The van der Waals surface area contributed by atoms with Gasteiger partial charge in [0.25, 0.3) is 11.8 Å². The van der Waals surface area contributed by atoms with Gasteiger partial charge in [0.05, 0.1) is 0 Å². The number of rotatable bonds is 4. The Kier molecular flexibility index (Phi) is 3.42. The van der Waals surface area contributed by atoms with Gasteiger partial charge in [0.15, 0.2) is 5.76 Å². The third kappa shape index (κ3) is 2.35. The third-order valence-electron chi connectivity index (χ3n) is 3.29. The minimum atomic E-state index is -0.750. The minimum absolute atomic E-state index is 0.0863. The van der Waals surface area contributed by atoms with Crippen LogP contribution in [0.3, 0.4) is 0 Å². The maximum Gasteiger partial charge on any atom is 0.291 e. The predicted molar refractivity (Wildman–Crippen MR) is 80.8 cm³/mol. The van der Waals surface area contributed by atoms with E-state index in [4.69, 9.17) is 14.6 Å². The van der Waals surface area contributed by atoms with Crippen molar-refractivity contribution in [1.29, 1.82) is 0 Å². The third-order valence-corrected chi connectivity index (χ3v) is 3.29. The van der Waals surface area contributed by atoms with Crippen molar-refractivity contribution in [2.75, 3.05) is 5.32 Å². The molecule has 22 heavy (non-hydrogen) atoms. The first kappa shape index (κ1) is 13.9. The van der Waals surface area contributed by atoms with Crippen LogP contribution in [0.4, 0.5) is 5.69 Å². The Bertz CT molecular complexity index is 860. The van der Waals surface area contributed by atoms with E-state index in [0.29, 0.717) is 23.2 Å². The average molecular weight is 298 g/mol. The molecule has 0 saturated carbocycles. The van der Waals surface area contributed by atoms with E-state index in [9.17, 15) is 9.59 Å². The summed E-state index contributed by atoms with van der Waals surface area (Å²) in [5.41, 5.74) is 6.04. The van der Waals surface area contributed by atoms with E-state index >= 15 is 0 Å². The van der Waals surface area contributed by atoms with Crippen LogP contribution in [0.15, 0.2) is 45.2 Å². The fourth-order valence-electron chi connectivity index (χ4n) is 2.21. The summed E-state index contributed by atoms with van der Waals surface area (Å²) in [4.78, 5) is 23.8. The molecule has 0 aliphatic rings. The first-order valence-corrected chi connectivity index (χ1v) is 6.81. The van der Waals surface area contributed by atoms with E-state index in [0.717, 1.165) is 0 Å². The topological polar surface area (TPSA) is 98.5 Å². The number of hydrogen-bond acceptors (Lipinski definition) is 4. The number of carbonyl (C=O) groups is 2.